The summed E-state index contributed by atoms with van der Waals surface area (Å²) >= 11 is 6.51. The summed E-state index contributed by atoms with van der Waals surface area (Å²) in [6.07, 6.45) is 6.64. The van der Waals surface area contributed by atoms with Crippen LogP contribution in [0.3, 0.4) is 0 Å². The molecule has 3 aromatic heterocycles. The minimum Gasteiger partial charge on any atom is -0.367 e. The van der Waals surface area contributed by atoms with E-state index in [-0.39, 0.29) is 0 Å². The summed E-state index contributed by atoms with van der Waals surface area (Å²) in [5.74, 6) is -0.685. The summed E-state index contributed by atoms with van der Waals surface area (Å²) in [6, 6.07) is 8.95. The Balaban J connectivity index is 2.23. The summed E-state index contributed by atoms with van der Waals surface area (Å²) in [6.45, 7) is 0. The number of fused-ring (bicyclic) bond motifs is 1. The smallest absolute Gasteiger partial charge is 0.249 e. The first-order valence-corrected chi connectivity index (χ1v) is 6.33. The Morgan fingerprint density at radius 1 is 1.30 bits per heavy atom. The van der Waals surface area contributed by atoms with Gasteiger partial charge in [0, 0.05) is 30.4 Å². The first-order chi connectivity index (χ1) is 9.62. The van der Waals surface area contributed by atoms with Crippen molar-refractivity contribution in [1.82, 2.24) is 14.4 Å². The Labute approximate surface area is 120 Å². The Kier molecular flexibility index (Phi) is 2.91. The van der Waals surface area contributed by atoms with Gasteiger partial charge in [0.25, 0.3) is 0 Å². The van der Waals surface area contributed by atoms with Gasteiger partial charge in [0.1, 0.15) is 5.65 Å². The maximum absolute atomic E-state index is 11.9. The maximum atomic E-state index is 11.9. The van der Waals surface area contributed by atoms with Crippen LogP contribution in [0.1, 0.15) is 11.3 Å². The summed E-state index contributed by atoms with van der Waals surface area (Å²) in [4.78, 5) is 18.8. The third-order valence-corrected chi connectivity index (χ3v) is 3.71. The molecule has 2 N–H and O–H groups in total. The van der Waals surface area contributed by atoms with Gasteiger partial charge in [0.15, 0.2) is 4.87 Å². The Morgan fingerprint density at radius 3 is 2.80 bits per heavy atom. The highest BCUT2D eigenvalue weighted by atomic mass is 35.5. The van der Waals surface area contributed by atoms with Gasteiger partial charge in [0.2, 0.25) is 5.91 Å². The van der Waals surface area contributed by atoms with Crippen molar-refractivity contribution in [3.05, 3.63) is 66.4 Å². The Hall–Kier alpha value is -2.40. The Bertz CT molecular complexity index is 738. The molecule has 100 valence electrons. The van der Waals surface area contributed by atoms with Gasteiger partial charge in [-0.05, 0) is 18.2 Å². The van der Waals surface area contributed by atoms with Crippen LogP contribution in [-0.4, -0.2) is 20.3 Å². The third-order valence-electron chi connectivity index (χ3n) is 3.12. The summed E-state index contributed by atoms with van der Waals surface area (Å²) in [5.41, 5.74) is 7.08. The zero-order valence-corrected chi connectivity index (χ0v) is 11.2. The number of pyridine rings is 2. The molecular formula is C14H11ClN4O. The number of rotatable bonds is 3. The van der Waals surface area contributed by atoms with Crippen LogP contribution < -0.4 is 5.73 Å². The van der Waals surface area contributed by atoms with Crippen molar-refractivity contribution in [2.75, 3.05) is 0 Å². The average molecular weight is 287 g/mol. The number of aromatic nitrogens is 3. The number of nitrogens with zero attached hydrogens (tertiary/aromatic N) is 3. The van der Waals surface area contributed by atoms with E-state index in [4.69, 9.17) is 17.3 Å². The first kappa shape index (κ1) is 12.6. The van der Waals surface area contributed by atoms with Crippen molar-refractivity contribution in [3.8, 4) is 0 Å². The number of hydrogen-bond donors (Lipinski definition) is 1. The van der Waals surface area contributed by atoms with Crippen LogP contribution >= 0.6 is 11.6 Å². The number of imidazole rings is 1. The number of hydrogen-bond acceptors (Lipinski definition) is 3. The van der Waals surface area contributed by atoms with Crippen LogP contribution in [0, 0.1) is 0 Å². The molecule has 0 saturated heterocycles. The highest BCUT2D eigenvalue weighted by Gasteiger charge is 2.41. The van der Waals surface area contributed by atoms with Crippen LogP contribution in [0.25, 0.3) is 5.65 Å². The zero-order valence-electron chi connectivity index (χ0n) is 10.4. The molecule has 0 aliphatic heterocycles. The topological polar surface area (TPSA) is 73.3 Å². The number of primary amides is 1. The van der Waals surface area contributed by atoms with Gasteiger partial charge in [-0.1, -0.05) is 23.7 Å². The van der Waals surface area contributed by atoms with Gasteiger partial charge in [-0.25, -0.2) is 4.98 Å². The average Bonchev–Trinajstić information content (AvgIpc) is 2.91. The standard InChI is InChI=1S/C14H11ClN4O/c15-14(13(16)20,10-4-3-6-17-8-10)11-9-19-7-2-1-5-12(19)18-11/h1-9H,(H2,16,20). The van der Waals surface area contributed by atoms with E-state index < -0.39 is 10.8 Å². The molecule has 5 nitrogen and oxygen atoms in total. The summed E-state index contributed by atoms with van der Waals surface area (Å²) in [7, 11) is 0. The van der Waals surface area contributed by atoms with E-state index in [1.54, 1.807) is 28.9 Å². The fraction of sp³-hybridized carbons (Fsp3) is 0.0714. The van der Waals surface area contributed by atoms with Crippen molar-refractivity contribution >= 4 is 23.2 Å². The van der Waals surface area contributed by atoms with E-state index in [2.05, 4.69) is 9.97 Å². The van der Waals surface area contributed by atoms with Crippen molar-refractivity contribution in [2.24, 2.45) is 5.73 Å². The lowest BCUT2D eigenvalue weighted by molar-refractivity contribution is -0.119. The highest BCUT2D eigenvalue weighted by Crippen LogP contribution is 2.35. The molecule has 6 heteroatoms. The molecule has 0 radical (unpaired) electrons. The molecule has 3 heterocycles. The van der Waals surface area contributed by atoms with E-state index in [0.717, 1.165) is 0 Å². The molecule has 1 atom stereocenters. The second kappa shape index (κ2) is 4.61. The van der Waals surface area contributed by atoms with Crippen LogP contribution in [0.2, 0.25) is 0 Å². The quantitative estimate of drug-likeness (QED) is 0.745. The molecule has 3 rings (SSSR count). The monoisotopic (exact) mass is 286 g/mol. The van der Waals surface area contributed by atoms with Gasteiger partial charge >= 0.3 is 0 Å². The zero-order chi connectivity index (χ0) is 14.2. The molecule has 0 bridgehead atoms. The maximum Gasteiger partial charge on any atom is 0.249 e. The summed E-state index contributed by atoms with van der Waals surface area (Å²) in [5, 5.41) is 0. The minimum absolute atomic E-state index is 0.380. The molecule has 0 aromatic carbocycles. The molecule has 0 aliphatic rings. The molecule has 0 saturated carbocycles. The number of amides is 1. The summed E-state index contributed by atoms with van der Waals surface area (Å²) < 4.78 is 1.78. The largest absolute Gasteiger partial charge is 0.367 e. The number of carbonyl (C=O) groups is 1. The number of nitrogens with two attached hydrogens (primary N) is 1. The fourth-order valence-electron chi connectivity index (χ4n) is 2.08. The van der Waals surface area contributed by atoms with Crippen LogP contribution in [-0.2, 0) is 9.67 Å². The van der Waals surface area contributed by atoms with Gasteiger partial charge in [-0.3, -0.25) is 9.78 Å². The predicted molar refractivity (Wildman–Crippen MR) is 75.3 cm³/mol. The fourth-order valence-corrected chi connectivity index (χ4v) is 2.29. The predicted octanol–water partition coefficient (Wildman–Crippen LogP) is 1.70. The molecule has 1 amide bonds. The van der Waals surface area contributed by atoms with E-state index in [1.807, 2.05) is 24.4 Å². The Morgan fingerprint density at radius 2 is 2.15 bits per heavy atom. The van der Waals surface area contributed by atoms with Crippen molar-refractivity contribution in [1.29, 1.82) is 0 Å². The second-order valence-corrected chi connectivity index (χ2v) is 4.92. The molecule has 0 aliphatic carbocycles. The molecule has 1 unspecified atom stereocenters. The van der Waals surface area contributed by atoms with E-state index in [0.29, 0.717) is 16.9 Å². The molecule has 3 aromatic rings. The third kappa shape index (κ3) is 1.83. The van der Waals surface area contributed by atoms with Crippen molar-refractivity contribution < 1.29 is 4.79 Å². The van der Waals surface area contributed by atoms with E-state index in [9.17, 15) is 4.79 Å². The molecular weight excluding hydrogens is 276 g/mol. The molecule has 20 heavy (non-hydrogen) atoms. The normalized spacial score (nSPS) is 14.1. The van der Waals surface area contributed by atoms with Gasteiger partial charge < -0.3 is 10.1 Å². The van der Waals surface area contributed by atoms with Crippen LogP contribution in [0.5, 0.6) is 0 Å². The molecule has 0 spiro atoms. The first-order valence-electron chi connectivity index (χ1n) is 5.96. The highest BCUT2D eigenvalue weighted by molar-refractivity contribution is 6.36. The second-order valence-electron chi connectivity index (χ2n) is 4.36. The SMILES string of the molecule is NC(=O)C(Cl)(c1cccnc1)c1cn2ccccc2n1. The van der Waals surface area contributed by atoms with E-state index >= 15 is 0 Å². The van der Waals surface area contributed by atoms with Gasteiger partial charge in [-0.15, -0.1) is 0 Å². The lowest BCUT2D eigenvalue weighted by Crippen LogP contribution is -2.37. The lowest BCUT2D eigenvalue weighted by atomic mass is 9.96. The van der Waals surface area contributed by atoms with E-state index in [1.165, 1.54) is 6.20 Å². The number of carbonyl (C=O) groups excluding carboxylic acids is 1. The number of alkyl halides is 1. The van der Waals surface area contributed by atoms with Crippen molar-refractivity contribution in [2.45, 2.75) is 4.87 Å². The van der Waals surface area contributed by atoms with Crippen LogP contribution in [0.15, 0.2) is 55.1 Å². The van der Waals surface area contributed by atoms with Crippen LogP contribution in [0.4, 0.5) is 0 Å². The number of halogens is 1. The van der Waals surface area contributed by atoms with Gasteiger partial charge in [0.05, 0.1) is 5.69 Å². The minimum atomic E-state index is -1.53. The molecule has 0 fully saturated rings. The van der Waals surface area contributed by atoms with Gasteiger partial charge in [-0.2, -0.15) is 0 Å². The lowest BCUT2D eigenvalue weighted by Gasteiger charge is -2.21. The van der Waals surface area contributed by atoms with Crippen molar-refractivity contribution in [3.63, 3.8) is 0 Å².